The minimum Gasteiger partial charge on any atom is -0.207 e. The lowest BCUT2D eigenvalue weighted by Crippen LogP contribution is -1.97. The van der Waals surface area contributed by atoms with Crippen molar-refractivity contribution in [3.8, 4) is 0 Å². The van der Waals surface area contributed by atoms with E-state index < -0.39 is 0 Å². The van der Waals surface area contributed by atoms with Gasteiger partial charge in [0.1, 0.15) is 5.82 Å². The molecule has 0 radical (unpaired) electrons. The van der Waals surface area contributed by atoms with E-state index in [-0.39, 0.29) is 10.6 Å². The molecule has 2 aromatic carbocycles. The number of aryl methyl sites for hydroxylation is 2. The summed E-state index contributed by atoms with van der Waals surface area (Å²) in [5, 5.41) is 0.449. The van der Waals surface area contributed by atoms with E-state index in [0.717, 1.165) is 17.5 Å². The van der Waals surface area contributed by atoms with Gasteiger partial charge in [-0.15, -0.1) is 0 Å². The molecule has 1 atom stereocenters. The van der Waals surface area contributed by atoms with Gasteiger partial charge in [0.15, 0.2) is 0 Å². The van der Waals surface area contributed by atoms with Gasteiger partial charge in [0.2, 0.25) is 0 Å². The number of rotatable bonds is 3. The second-order valence-corrected chi connectivity index (χ2v) is 5.90. The lowest BCUT2D eigenvalue weighted by atomic mass is 10.0. The molecule has 0 aliphatic heterocycles. The van der Waals surface area contributed by atoms with Crippen molar-refractivity contribution in [1.82, 2.24) is 0 Å². The molecule has 0 aromatic heterocycles. The molecule has 0 bridgehead atoms. The normalized spacial score (nSPS) is 12.5. The molecule has 2 aromatic rings. The summed E-state index contributed by atoms with van der Waals surface area (Å²) in [4.78, 5) is -0.0230. The highest BCUT2D eigenvalue weighted by molar-refractivity contribution is 9.09. The number of hydrogen-bond donors (Lipinski definition) is 0. The zero-order valence-electron chi connectivity index (χ0n) is 10.9. The maximum atomic E-state index is 13.4. The Labute approximate surface area is 126 Å². The molecule has 0 N–H and O–H groups in total. The van der Waals surface area contributed by atoms with Crippen molar-refractivity contribution < 1.29 is 4.39 Å². The monoisotopic (exact) mass is 340 g/mol. The Morgan fingerprint density at radius 1 is 1.21 bits per heavy atom. The number of alkyl halides is 1. The molecule has 2 rings (SSSR count). The lowest BCUT2D eigenvalue weighted by Gasteiger charge is -2.14. The van der Waals surface area contributed by atoms with Gasteiger partial charge in [-0.1, -0.05) is 64.8 Å². The van der Waals surface area contributed by atoms with E-state index >= 15 is 0 Å². The minimum absolute atomic E-state index is 0.0230. The zero-order valence-corrected chi connectivity index (χ0v) is 13.2. The van der Waals surface area contributed by atoms with E-state index in [1.165, 1.54) is 11.6 Å². The van der Waals surface area contributed by atoms with Crippen LogP contribution in [0.2, 0.25) is 5.02 Å². The van der Waals surface area contributed by atoms with Crippen molar-refractivity contribution >= 4 is 27.5 Å². The third kappa shape index (κ3) is 3.18. The third-order valence-electron chi connectivity index (χ3n) is 3.23. The minimum atomic E-state index is -0.269. The third-order valence-corrected chi connectivity index (χ3v) is 4.58. The highest BCUT2D eigenvalue weighted by atomic mass is 79.9. The van der Waals surface area contributed by atoms with Gasteiger partial charge < -0.3 is 0 Å². The van der Waals surface area contributed by atoms with Gasteiger partial charge in [-0.2, -0.15) is 0 Å². The highest BCUT2D eigenvalue weighted by Crippen LogP contribution is 2.36. The molecule has 3 heteroatoms. The largest absolute Gasteiger partial charge is 0.207 e. The van der Waals surface area contributed by atoms with Crippen LogP contribution in [0, 0.1) is 12.7 Å². The molecule has 0 nitrogen and oxygen atoms in total. The highest BCUT2D eigenvalue weighted by Gasteiger charge is 2.15. The van der Waals surface area contributed by atoms with Crippen LogP contribution >= 0.6 is 27.5 Å². The second-order valence-electron chi connectivity index (χ2n) is 4.58. The van der Waals surface area contributed by atoms with E-state index in [1.807, 2.05) is 0 Å². The fraction of sp³-hybridized carbons (Fsp3) is 0.250. The number of hydrogen-bond acceptors (Lipinski definition) is 0. The fourth-order valence-electron chi connectivity index (χ4n) is 1.98. The Kier molecular flexibility index (Phi) is 4.64. The SMILES string of the molecule is CCc1ccc(C(Br)c2cc(C)c(F)cc2Cl)cc1. The van der Waals surface area contributed by atoms with Gasteiger partial charge in [0.25, 0.3) is 0 Å². The Morgan fingerprint density at radius 2 is 1.84 bits per heavy atom. The summed E-state index contributed by atoms with van der Waals surface area (Å²) in [5.74, 6) is -0.269. The summed E-state index contributed by atoms with van der Waals surface area (Å²) in [6, 6.07) is 11.5. The molecule has 0 saturated carbocycles. The summed E-state index contributed by atoms with van der Waals surface area (Å²) in [5.41, 5.74) is 3.91. The average molecular weight is 342 g/mol. The maximum Gasteiger partial charge on any atom is 0.127 e. The van der Waals surface area contributed by atoms with Crippen LogP contribution in [0.4, 0.5) is 4.39 Å². The van der Waals surface area contributed by atoms with Crippen LogP contribution in [0.5, 0.6) is 0 Å². The molecule has 0 amide bonds. The molecule has 0 spiro atoms. The second kappa shape index (κ2) is 6.06. The summed E-state index contributed by atoms with van der Waals surface area (Å²) in [6.45, 7) is 3.87. The zero-order chi connectivity index (χ0) is 14.0. The predicted octanol–water partition coefficient (Wildman–Crippen LogP) is 5.83. The van der Waals surface area contributed by atoms with Crippen LogP contribution in [-0.2, 0) is 6.42 Å². The first kappa shape index (κ1) is 14.5. The van der Waals surface area contributed by atoms with Gasteiger partial charge in [-0.25, -0.2) is 4.39 Å². The van der Waals surface area contributed by atoms with Crippen LogP contribution < -0.4 is 0 Å². The summed E-state index contributed by atoms with van der Waals surface area (Å²) >= 11 is 9.78. The molecule has 0 aliphatic carbocycles. The van der Waals surface area contributed by atoms with E-state index in [0.29, 0.717) is 10.6 Å². The summed E-state index contributed by atoms with van der Waals surface area (Å²) < 4.78 is 13.4. The van der Waals surface area contributed by atoms with Gasteiger partial charge in [-0.05, 0) is 41.7 Å². The molecule has 0 saturated heterocycles. The molecular formula is C16H15BrClF. The van der Waals surface area contributed by atoms with Crippen molar-refractivity contribution in [3.05, 3.63) is 69.5 Å². The van der Waals surface area contributed by atoms with Crippen molar-refractivity contribution in [1.29, 1.82) is 0 Å². The molecule has 0 aliphatic rings. The topological polar surface area (TPSA) is 0 Å². The number of halogens is 3. The van der Waals surface area contributed by atoms with Crippen LogP contribution in [-0.4, -0.2) is 0 Å². The van der Waals surface area contributed by atoms with Gasteiger partial charge >= 0.3 is 0 Å². The first-order chi connectivity index (χ1) is 9.02. The van der Waals surface area contributed by atoms with E-state index in [4.69, 9.17) is 11.6 Å². The van der Waals surface area contributed by atoms with E-state index in [2.05, 4.69) is 47.1 Å². The van der Waals surface area contributed by atoms with Gasteiger partial charge in [0, 0.05) is 5.02 Å². The molecule has 1 unspecified atom stereocenters. The van der Waals surface area contributed by atoms with Crippen LogP contribution in [0.1, 0.15) is 34.0 Å². The number of benzene rings is 2. The Balaban J connectivity index is 2.37. The standard InChI is InChI=1S/C16H15BrClF/c1-3-11-4-6-12(7-5-11)16(17)13-8-10(2)15(19)9-14(13)18/h4-9,16H,3H2,1-2H3. The molecule has 0 heterocycles. The maximum absolute atomic E-state index is 13.4. The van der Waals surface area contributed by atoms with Crippen molar-refractivity contribution in [2.24, 2.45) is 0 Å². The predicted molar refractivity (Wildman–Crippen MR) is 82.7 cm³/mol. The lowest BCUT2D eigenvalue weighted by molar-refractivity contribution is 0.618. The van der Waals surface area contributed by atoms with Crippen molar-refractivity contribution in [3.63, 3.8) is 0 Å². The quantitative estimate of drug-likeness (QED) is 0.616. The van der Waals surface area contributed by atoms with Crippen LogP contribution in [0.15, 0.2) is 36.4 Å². The van der Waals surface area contributed by atoms with Crippen molar-refractivity contribution in [2.45, 2.75) is 25.1 Å². The average Bonchev–Trinajstić information content (AvgIpc) is 2.42. The van der Waals surface area contributed by atoms with Gasteiger partial charge in [0.05, 0.1) is 4.83 Å². The first-order valence-corrected chi connectivity index (χ1v) is 7.50. The molecule has 0 fully saturated rings. The Morgan fingerprint density at radius 3 is 2.42 bits per heavy atom. The van der Waals surface area contributed by atoms with E-state index in [1.54, 1.807) is 13.0 Å². The van der Waals surface area contributed by atoms with Crippen LogP contribution in [0.25, 0.3) is 0 Å². The Hall–Kier alpha value is -0.860. The van der Waals surface area contributed by atoms with Gasteiger partial charge in [-0.3, -0.25) is 0 Å². The smallest absolute Gasteiger partial charge is 0.127 e. The van der Waals surface area contributed by atoms with Crippen LogP contribution in [0.3, 0.4) is 0 Å². The fourth-order valence-corrected chi connectivity index (χ4v) is 3.05. The Bertz CT molecular complexity index is 578. The van der Waals surface area contributed by atoms with Crippen molar-refractivity contribution in [2.75, 3.05) is 0 Å². The summed E-state index contributed by atoms with van der Waals surface area (Å²) in [6.07, 6.45) is 1.02. The molecule has 100 valence electrons. The first-order valence-electron chi connectivity index (χ1n) is 6.21. The molecule has 19 heavy (non-hydrogen) atoms. The summed E-state index contributed by atoms with van der Waals surface area (Å²) in [7, 11) is 0. The molecular weight excluding hydrogens is 327 g/mol. The van der Waals surface area contributed by atoms with E-state index in [9.17, 15) is 4.39 Å².